The average Bonchev–Trinajstić information content (AvgIpc) is 3.09. The van der Waals surface area contributed by atoms with Crippen LogP contribution in [0.3, 0.4) is 0 Å². The molecule has 3 rings (SSSR count). The summed E-state index contributed by atoms with van der Waals surface area (Å²) >= 11 is 0. The standard InChI is InChI=1S/C15H23N3O3/c1-15(2,3)14-18-17-10(21-14)7-16-12-9-5-4-8(6-9)11(12)13(19)20/h8-9,11-12,16H,4-7H2,1-3H3,(H,19,20). The van der Waals surface area contributed by atoms with Crippen molar-refractivity contribution in [3.05, 3.63) is 11.8 Å². The predicted octanol–water partition coefficient (Wildman–Crippen LogP) is 1.96. The molecule has 116 valence electrons. The Morgan fingerprint density at radius 1 is 1.33 bits per heavy atom. The van der Waals surface area contributed by atoms with Gasteiger partial charge in [0.1, 0.15) is 0 Å². The Balaban J connectivity index is 1.65. The van der Waals surface area contributed by atoms with Gasteiger partial charge in [-0.25, -0.2) is 0 Å². The molecular formula is C15H23N3O3. The molecule has 2 N–H and O–H groups in total. The molecule has 0 aliphatic heterocycles. The second-order valence-electron chi connectivity index (χ2n) is 7.35. The molecule has 2 saturated carbocycles. The highest BCUT2D eigenvalue weighted by atomic mass is 16.4. The first-order valence-electron chi connectivity index (χ1n) is 7.65. The van der Waals surface area contributed by atoms with Crippen molar-refractivity contribution in [1.82, 2.24) is 15.5 Å². The van der Waals surface area contributed by atoms with Crippen molar-refractivity contribution >= 4 is 5.97 Å². The molecule has 0 aromatic carbocycles. The van der Waals surface area contributed by atoms with Gasteiger partial charge >= 0.3 is 5.97 Å². The molecule has 6 heteroatoms. The molecule has 1 heterocycles. The fraction of sp³-hybridized carbons (Fsp3) is 0.800. The van der Waals surface area contributed by atoms with Crippen molar-refractivity contribution in [1.29, 1.82) is 0 Å². The molecule has 0 saturated heterocycles. The first kappa shape index (κ1) is 14.5. The Morgan fingerprint density at radius 2 is 2.05 bits per heavy atom. The molecule has 1 aromatic rings. The largest absolute Gasteiger partial charge is 0.481 e. The predicted molar refractivity (Wildman–Crippen MR) is 75.6 cm³/mol. The van der Waals surface area contributed by atoms with Crippen LogP contribution in [-0.4, -0.2) is 27.3 Å². The fourth-order valence-electron chi connectivity index (χ4n) is 3.77. The van der Waals surface area contributed by atoms with Crippen LogP contribution >= 0.6 is 0 Å². The molecule has 0 radical (unpaired) electrons. The van der Waals surface area contributed by atoms with Gasteiger partial charge in [0.15, 0.2) is 0 Å². The van der Waals surface area contributed by atoms with Crippen LogP contribution in [0.15, 0.2) is 4.42 Å². The molecule has 21 heavy (non-hydrogen) atoms. The summed E-state index contributed by atoms with van der Waals surface area (Å²) in [6, 6.07) is 0.0336. The maximum Gasteiger partial charge on any atom is 0.308 e. The van der Waals surface area contributed by atoms with Crippen molar-refractivity contribution in [3.8, 4) is 0 Å². The molecule has 1 aromatic heterocycles. The zero-order valence-electron chi connectivity index (χ0n) is 12.8. The van der Waals surface area contributed by atoms with Gasteiger partial charge in [0, 0.05) is 11.5 Å². The quantitative estimate of drug-likeness (QED) is 0.882. The number of nitrogens with one attached hydrogen (secondary N) is 1. The normalized spacial score (nSPS) is 31.8. The zero-order valence-corrected chi connectivity index (χ0v) is 12.8. The van der Waals surface area contributed by atoms with Crippen LogP contribution in [0.5, 0.6) is 0 Å². The topological polar surface area (TPSA) is 88.2 Å². The Kier molecular flexibility index (Phi) is 3.51. The highest BCUT2D eigenvalue weighted by molar-refractivity contribution is 5.72. The lowest BCUT2D eigenvalue weighted by atomic mass is 9.84. The van der Waals surface area contributed by atoms with E-state index < -0.39 is 5.97 Å². The van der Waals surface area contributed by atoms with E-state index in [1.54, 1.807) is 0 Å². The Hall–Kier alpha value is -1.43. The smallest absolute Gasteiger partial charge is 0.308 e. The minimum absolute atomic E-state index is 0.0336. The van der Waals surface area contributed by atoms with E-state index in [-0.39, 0.29) is 17.4 Å². The van der Waals surface area contributed by atoms with Crippen LogP contribution < -0.4 is 5.32 Å². The number of hydrogen-bond donors (Lipinski definition) is 2. The summed E-state index contributed by atoms with van der Waals surface area (Å²) in [7, 11) is 0. The first-order chi connectivity index (χ1) is 9.86. The third kappa shape index (κ3) is 2.69. The number of carbonyl (C=O) groups is 1. The van der Waals surface area contributed by atoms with Gasteiger partial charge in [-0.1, -0.05) is 20.8 Å². The fourth-order valence-corrected chi connectivity index (χ4v) is 3.77. The molecule has 2 aliphatic carbocycles. The van der Waals surface area contributed by atoms with Crippen LogP contribution in [0.2, 0.25) is 0 Å². The second-order valence-corrected chi connectivity index (χ2v) is 7.35. The number of hydrogen-bond acceptors (Lipinski definition) is 5. The maximum absolute atomic E-state index is 11.5. The number of aromatic nitrogens is 2. The summed E-state index contributed by atoms with van der Waals surface area (Å²) in [4.78, 5) is 11.5. The maximum atomic E-state index is 11.5. The van der Waals surface area contributed by atoms with Gasteiger partial charge in [-0.15, -0.1) is 10.2 Å². The molecule has 2 bridgehead atoms. The zero-order chi connectivity index (χ0) is 15.2. The lowest BCUT2D eigenvalue weighted by Crippen LogP contribution is -2.43. The van der Waals surface area contributed by atoms with E-state index in [1.165, 1.54) is 0 Å². The van der Waals surface area contributed by atoms with E-state index in [0.717, 1.165) is 19.3 Å². The summed E-state index contributed by atoms with van der Waals surface area (Å²) in [5.74, 6) is 1.00. The number of nitrogens with zero attached hydrogens (tertiary/aromatic N) is 2. The average molecular weight is 293 g/mol. The molecule has 0 spiro atoms. The Morgan fingerprint density at radius 3 is 2.67 bits per heavy atom. The molecule has 4 unspecified atom stereocenters. The summed E-state index contributed by atoms with van der Waals surface area (Å²) in [5, 5.41) is 20.9. The monoisotopic (exact) mass is 293 g/mol. The van der Waals surface area contributed by atoms with Crippen LogP contribution in [0, 0.1) is 17.8 Å². The van der Waals surface area contributed by atoms with Crippen molar-refractivity contribution in [2.24, 2.45) is 17.8 Å². The molecular weight excluding hydrogens is 270 g/mol. The van der Waals surface area contributed by atoms with E-state index in [2.05, 4.69) is 15.5 Å². The molecule has 4 atom stereocenters. The van der Waals surface area contributed by atoms with E-state index in [4.69, 9.17) is 4.42 Å². The van der Waals surface area contributed by atoms with Gasteiger partial charge in [0.05, 0.1) is 12.5 Å². The SMILES string of the molecule is CC(C)(C)c1nnc(CNC2C3CCC(C3)C2C(=O)O)o1. The molecule has 0 amide bonds. The summed E-state index contributed by atoms with van der Waals surface area (Å²) < 4.78 is 5.65. The minimum atomic E-state index is -0.680. The third-order valence-corrected chi connectivity index (χ3v) is 4.80. The van der Waals surface area contributed by atoms with E-state index in [1.807, 2.05) is 20.8 Å². The van der Waals surface area contributed by atoms with Crippen molar-refractivity contribution < 1.29 is 14.3 Å². The van der Waals surface area contributed by atoms with Crippen LogP contribution in [-0.2, 0) is 16.8 Å². The Labute approximate surface area is 124 Å². The van der Waals surface area contributed by atoms with Gasteiger partial charge in [0.25, 0.3) is 0 Å². The highest BCUT2D eigenvalue weighted by Crippen LogP contribution is 2.48. The number of aliphatic carboxylic acids is 1. The summed E-state index contributed by atoms with van der Waals surface area (Å²) in [6.45, 7) is 6.51. The van der Waals surface area contributed by atoms with Gasteiger partial charge in [-0.05, 0) is 31.1 Å². The number of carboxylic acids is 1. The Bertz CT molecular complexity index is 535. The van der Waals surface area contributed by atoms with Crippen LogP contribution in [0.1, 0.15) is 51.8 Å². The van der Waals surface area contributed by atoms with Crippen molar-refractivity contribution in [3.63, 3.8) is 0 Å². The van der Waals surface area contributed by atoms with Gasteiger partial charge in [-0.2, -0.15) is 0 Å². The minimum Gasteiger partial charge on any atom is -0.481 e. The molecule has 6 nitrogen and oxygen atoms in total. The van der Waals surface area contributed by atoms with Gasteiger partial charge in [0.2, 0.25) is 11.8 Å². The lowest BCUT2D eigenvalue weighted by Gasteiger charge is -2.28. The summed E-state index contributed by atoms with van der Waals surface area (Å²) in [6.07, 6.45) is 3.21. The van der Waals surface area contributed by atoms with E-state index in [9.17, 15) is 9.90 Å². The van der Waals surface area contributed by atoms with Crippen LogP contribution in [0.4, 0.5) is 0 Å². The van der Waals surface area contributed by atoms with E-state index in [0.29, 0.717) is 30.2 Å². The third-order valence-electron chi connectivity index (χ3n) is 4.80. The number of carboxylic acid groups (broad SMARTS) is 1. The number of fused-ring (bicyclic) bond motifs is 2. The van der Waals surface area contributed by atoms with Gasteiger partial charge < -0.3 is 14.8 Å². The first-order valence-corrected chi connectivity index (χ1v) is 7.65. The molecule has 2 aliphatic rings. The van der Waals surface area contributed by atoms with Crippen LogP contribution in [0.25, 0.3) is 0 Å². The second kappa shape index (κ2) is 5.09. The summed E-state index contributed by atoms with van der Waals surface area (Å²) in [5.41, 5.74) is -0.165. The van der Waals surface area contributed by atoms with Crippen molar-refractivity contribution in [2.75, 3.05) is 0 Å². The lowest BCUT2D eigenvalue weighted by molar-refractivity contribution is -0.144. The van der Waals surface area contributed by atoms with E-state index >= 15 is 0 Å². The van der Waals surface area contributed by atoms with Gasteiger partial charge in [-0.3, -0.25) is 4.79 Å². The number of rotatable bonds is 4. The van der Waals surface area contributed by atoms with Crippen molar-refractivity contribution in [2.45, 2.75) is 58.0 Å². The highest BCUT2D eigenvalue weighted by Gasteiger charge is 2.50. The molecule has 2 fully saturated rings.